The highest BCUT2D eigenvalue weighted by atomic mass is 28.3. The lowest BCUT2D eigenvalue weighted by Crippen LogP contribution is -2.75. The van der Waals surface area contributed by atoms with Crippen molar-refractivity contribution in [3.63, 3.8) is 0 Å². The number of nitrogens with zero attached hydrogens (tertiary/aromatic N) is 1. The highest BCUT2D eigenvalue weighted by molar-refractivity contribution is 7.20. The minimum absolute atomic E-state index is 0.0840. The van der Waals surface area contributed by atoms with Crippen LogP contribution < -0.4 is 46.6 Å². The number of fused-ring (bicyclic) bond motifs is 17. The van der Waals surface area contributed by atoms with Gasteiger partial charge in [0, 0.05) is 28.4 Å². The number of benzene rings is 11. The van der Waals surface area contributed by atoms with Gasteiger partial charge in [-0.05, 0) is 107 Å². The first kappa shape index (κ1) is 39.9. The van der Waals surface area contributed by atoms with Crippen LogP contribution in [0.4, 0.5) is 0 Å². The molecule has 2 aliphatic carbocycles. The summed E-state index contributed by atoms with van der Waals surface area (Å²) in [4.78, 5) is 0. The molecule has 1 aromatic heterocycles. The van der Waals surface area contributed by atoms with Crippen molar-refractivity contribution < 1.29 is 9.47 Å². The molecule has 72 heavy (non-hydrogen) atoms. The first-order chi connectivity index (χ1) is 35.7. The lowest BCUT2D eigenvalue weighted by molar-refractivity contribution is 0.464. The molecule has 3 nitrogen and oxygen atoms in total. The number of hydrogen-bond acceptors (Lipinski definition) is 2. The highest BCUT2D eigenvalue weighted by Gasteiger charge is 2.52. The molecule has 1 spiro atoms. The molecule has 0 saturated carbocycles. The second kappa shape index (κ2) is 14.8. The molecule has 3 heterocycles. The normalized spacial score (nSPS) is 13.9. The Balaban J connectivity index is 0.934. The maximum absolute atomic E-state index is 7.42. The van der Waals surface area contributed by atoms with Crippen molar-refractivity contribution in [2.45, 2.75) is 5.41 Å². The van der Waals surface area contributed by atoms with E-state index in [-0.39, 0.29) is 6.71 Å². The van der Waals surface area contributed by atoms with Gasteiger partial charge >= 0.3 is 0 Å². The number of ether oxygens (including phenoxy) is 2. The first-order valence-corrected chi connectivity index (χ1v) is 27.0. The third-order valence-corrected chi connectivity index (χ3v) is 21.2. The molecule has 0 radical (unpaired) electrons. The Kier molecular flexibility index (Phi) is 8.21. The molecule has 0 bridgehead atoms. The van der Waals surface area contributed by atoms with Crippen LogP contribution in [0.3, 0.4) is 0 Å². The first-order valence-electron chi connectivity index (χ1n) is 25.0. The molecule has 4 aliphatic rings. The van der Waals surface area contributed by atoms with Crippen molar-refractivity contribution in [1.82, 2.24) is 4.57 Å². The van der Waals surface area contributed by atoms with E-state index in [0.29, 0.717) is 0 Å². The van der Waals surface area contributed by atoms with Crippen LogP contribution >= 0.6 is 0 Å². The molecule has 334 valence electrons. The molecule has 0 N–H and O–H groups in total. The van der Waals surface area contributed by atoms with E-state index in [0.717, 1.165) is 56.1 Å². The Morgan fingerprint density at radius 3 is 1.46 bits per heavy atom. The molecule has 16 rings (SSSR count). The van der Waals surface area contributed by atoms with Crippen LogP contribution in [0.1, 0.15) is 22.3 Å². The fourth-order valence-corrected chi connectivity index (χ4v) is 18.4. The lowest BCUT2D eigenvalue weighted by atomic mass is 9.35. The van der Waals surface area contributed by atoms with E-state index in [1.165, 1.54) is 76.0 Å². The third kappa shape index (κ3) is 5.15. The average Bonchev–Trinajstić information content (AvgIpc) is 4.05. The van der Waals surface area contributed by atoms with Gasteiger partial charge < -0.3 is 14.0 Å². The monoisotopic (exact) mass is 931 g/mol. The van der Waals surface area contributed by atoms with Crippen LogP contribution in [0.2, 0.25) is 0 Å². The SMILES string of the molecule is c1ccc([Si](c2ccccc2)(c2ccccc2)c2ccc3c(c2)Oc2cc(-n4c5ccccc5c5cc6c(cc54)-c4ccccc4C64c5ccccc5-c5ccccc54)cc4c2B3c2ccccc2O4)cc1. The largest absolute Gasteiger partial charge is 0.458 e. The third-order valence-electron chi connectivity index (χ3n) is 16.5. The van der Waals surface area contributed by atoms with E-state index in [1.807, 2.05) is 0 Å². The molecular formula is C67H42BNO2Si. The minimum atomic E-state index is -2.86. The standard InChI is InChI=1S/C67H42BNO2Si/c1-4-20-44(21-5-1)72(45-22-6-2-7-23-45,46-24-8-3-9-25-46)47-36-37-59-63(40-47)71-65-39-43(38-64-66(65)68(59)58-33-17-19-35-62(58)70-64)69-60-34-18-13-29-51(60)53-41-57-52(42-61(53)69)50-28-12-16-32-56(50)67(57)54-30-14-10-26-48(54)49-27-11-15-31-55(49)67/h1-42H. The predicted octanol–water partition coefficient (Wildman–Crippen LogP) is 11.2. The van der Waals surface area contributed by atoms with Gasteiger partial charge in [0.15, 0.2) is 8.07 Å². The van der Waals surface area contributed by atoms with Crippen LogP contribution in [0.5, 0.6) is 23.0 Å². The molecular weight excluding hydrogens is 890 g/mol. The smallest absolute Gasteiger partial charge is 0.260 e. The summed E-state index contributed by atoms with van der Waals surface area (Å²) in [5.41, 5.74) is 16.7. The molecule has 0 fully saturated rings. The van der Waals surface area contributed by atoms with E-state index in [4.69, 9.17) is 9.47 Å². The summed E-state index contributed by atoms with van der Waals surface area (Å²) in [5.74, 6) is 3.38. The summed E-state index contributed by atoms with van der Waals surface area (Å²) in [6.45, 7) is -0.0840. The number of hydrogen-bond donors (Lipinski definition) is 0. The summed E-state index contributed by atoms with van der Waals surface area (Å²) < 4.78 is 16.9. The fraction of sp³-hybridized carbons (Fsp3) is 0.0149. The Hall–Kier alpha value is -8.90. The molecule has 0 saturated heterocycles. The van der Waals surface area contributed by atoms with Crippen molar-refractivity contribution >= 4 is 73.7 Å². The molecule has 2 aliphatic heterocycles. The van der Waals surface area contributed by atoms with Crippen molar-refractivity contribution in [1.29, 1.82) is 0 Å². The molecule has 11 aromatic carbocycles. The average molecular weight is 932 g/mol. The van der Waals surface area contributed by atoms with Crippen molar-refractivity contribution in [2.24, 2.45) is 0 Å². The van der Waals surface area contributed by atoms with E-state index < -0.39 is 13.5 Å². The Labute approximate surface area is 419 Å². The van der Waals surface area contributed by atoms with Crippen LogP contribution in [0.25, 0.3) is 49.7 Å². The lowest BCUT2D eigenvalue weighted by Gasteiger charge is -2.37. The van der Waals surface area contributed by atoms with Gasteiger partial charge in [0.2, 0.25) is 0 Å². The number of rotatable bonds is 5. The zero-order valence-corrected chi connectivity index (χ0v) is 40.1. The highest BCUT2D eigenvalue weighted by Crippen LogP contribution is 2.63. The summed E-state index contributed by atoms with van der Waals surface area (Å²) in [7, 11) is -2.86. The van der Waals surface area contributed by atoms with Gasteiger partial charge in [0.25, 0.3) is 6.71 Å². The van der Waals surface area contributed by atoms with Gasteiger partial charge in [0.1, 0.15) is 23.0 Å². The minimum Gasteiger partial charge on any atom is -0.458 e. The Morgan fingerprint density at radius 1 is 0.333 bits per heavy atom. The summed E-state index contributed by atoms with van der Waals surface area (Å²) >= 11 is 0. The summed E-state index contributed by atoms with van der Waals surface area (Å²) in [5, 5.41) is 7.67. The maximum atomic E-state index is 7.42. The van der Waals surface area contributed by atoms with Crippen molar-refractivity contribution in [2.75, 3.05) is 0 Å². The van der Waals surface area contributed by atoms with Crippen LogP contribution in [-0.4, -0.2) is 19.4 Å². The van der Waals surface area contributed by atoms with E-state index >= 15 is 0 Å². The molecule has 12 aromatic rings. The van der Waals surface area contributed by atoms with Gasteiger partial charge in [0.05, 0.1) is 22.1 Å². The van der Waals surface area contributed by atoms with Crippen molar-refractivity contribution in [3.05, 3.63) is 277 Å². The van der Waals surface area contributed by atoms with Crippen molar-refractivity contribution in [3.8, 4) is 50.9 Å². The second-order valence-corrected chi connectivity index (χ2v) is 23.6. The van der Waals surface area contributed by atoms with Gasteiger partial charge in [-0.25, -0.2) is 0 Å². The van der Waals surface area contributed by atoms with Gasteiger partial charge in [-0.15, -0.1) is 0 Å². The molecule has 0 unspecified atom stereocenters. The maximum Gasteiger partial charge on any atom is 0.260 e. The summed E-state index contributed by atoms with van der Waals surface area (Å²) in [6, 6.07) is 94.6. The summed E-state index contributed by atoms with van der Waals surface area (Å²) in [6.07, 6.45) is 0. The van der Waals surface area contributed by atoms with Gasteiger partial charge in [-0.3, -0.25) is 0 Å². The number of para-hydroxylation sites is 2. The van der Waals surface area contributed by atoms with E-state index in [2.05, 4.69) is 259 Å². The Morgan fingerprint density at radius 2 is 0.833 bits per heavy atom. The van der Waals surface area contributed by atoms with Crippen LogP contribution in [0, 0.1) is 0 Å². The quantitative estimate of drug-likeness (QED) is 0.127. The zero-order valence-electron chi connectivity index (χ0n) is 39.1. The zero-order chi connectivity index (χ0) is 47.1. The molecule has 5 heteroatoms. The van der Waals surface area contributed by atoms with Gasteiger partial charge in [-0.1, -0.05) is 212 Å². The van der Waals surface area contributed by atoms with E-state index in [1.54, 1.807) is 0 Å². The molecule has 0 amide bonds. The fourth-order valence-electron chi connectivity index (χ4n) is 13.7. The number of aromatic nitrogens is 1. The van der Waals surface area contributed by atoms with E-state index in [9.17, 15) is 0 Å². The van der Waals surface area contributed by atoms with Crippen LogP contribution in [0.15, 0.2) is 255 Å². The topological polar surface area (TPSA) is 23.4 Å². The van der Waals surface area contributed by atoms with Gasteiger partial charge in [-0.2, -0.15) is 0 Å². The second-order valence-electron chi connectivity index (χ2n) is 19.8. The Bertz CT molecular complexity index is 4100. The van der Waals surface area contributed by atoms with Crippen LogP contribution in [-0.2, 0) is 5.41 Å². The predicted molar refractivity (Wildman–Crippen MR) is 298 cm³/mol. The molecule has 0 atom stereocenters.